The van der Waals surface area contributed by atoms with Crippen molar-refractivity contribution in [3.63, 3.8) is 0 Å². The van der Waals surface area contributed by atoms with Crippen LogP contribution in [0.1, 0.15) is 42.1 Å². The quantitative estimate of drug-likeness (QED) is 0.796. The van der Waals surface area contributed by atoms with E-state index < -0.39 is 5.97 Å². The number of oxazole rings is 1. The number of hydrogen-bond donors (Lipinski definition) is 3. The third-order valence-electron chi connectivity index (χ3n) is 4.00. The van der Waals surface area contributed by atoms with Gasteiger partial charge in [0.1, 0.15) is 0 Å². The Morgan fingerprint density at radius 1 is 1.25 bits per heavy atom. The molecule has 0 atom stereocenters. The topological polar surface area (TPSA) is 104 Å². The lowest BCUT2D eigenvalue weighted by molar-refractivity contribution is -0.114. The lowest BCUT2D eigenvalue weighted by atomic mass is 9.98. The Kier molecular flexibility index (Phi) is 4.61. The molecule has 0 saturated carbocycles. The van der Waals surface area contributed by atoms with Gasteiger partial charge in [-0.1, -0.05) is 0 Å². The Hall–Kier alpha value is -2.67. The molecule has 7 nitrogen and oxygen atoms in total. The van der Waals surface area contributed by atoms with Crippen LogP contribution in [0.4, 0.5) is 5.69 Å². The molecule has 2 heterocycles. The molecule has 1 amide bonds. The number of carbonyl (C=O) groups excluding carboxylic acids is 1. The van der Waals surface area contributed by atoms with Gasteiger partial charge in [0.2, 0.25) is 5.91 Å². The fourth-order valence-electron chi connectivity index (χ4n) is 2.83. The van der Waals surface area contributed by atoms with E-state index in [-0.39, 0.29) is 23.3 Å². The first-order chi connectivity index (χ1) is 11.5. The Morgan fingerprint density at radius 2 is 1.92 bits per heavy atom. The molecular weight excluding hydrogens is 310 g/mol. The lowest BCUT2D eigenvalue weighted by Crippen LogP contribution is -2.26. The van der Waals surface area contributed by atoms with Gasteiger partial charge in [0.25, 0.3) is 0 Å². The van der Waals surface area contributed by atoms with Crippen LogP contribution in [0.25, 0.3) is 11.3 Å². The summed E-state index contributed by atoms with van der Waals surface area (Å²) in [6.07, 6.45) is 1.75. The van der Waals surface area contributed by atoms with E-state index in [1.165, 1.54) is 6.92 Å². The molecule has 0 unspecified atom stereocenters. The van der Waals surface area contributed by atoms with Crippen LogP contribution in [0.2, 0.25) is 0 Å². The number of carboxylic acids is 1. The molecule has 1 fully saturated rings. The third kappa shape index (κ3) is 3.46. The van der Waals surface area contributed by atoms with Crippen molar-refractivity contribution in [2.75, 3.05) is 18.4 Å². The molecule has 0 spiro atoms. The largest absolute Gasteiger partial charge is 0.476 e. The molecule has 7 heteroatoms. The highest BCUT2D eigenvalue weighted by atomic mass is 16.4. The highest BCUT2D eigenvalue weighted by molar-refractivity contribution is 5.93. The molecule has 1 aliphatic rings. The summed E-state index contributed by atoms with van der Waals surface area (Å²) in [5, 5.41) is 15.4. The number of carbonyl (C=O) groups is 2. The SMILES string of the molecule is CC(=O)Nc1ccc(-c2oc(C3CCNCC3)nc2C(=O)O)cc1. The van der Waals surface area contributed by atoms with E-state index in [0.717, 1.165) is 25.9 Å². The van der Waals surface area contributed by atoms with Crippen molar-refractivity contribution in [3.05, 3.63) is 35.9 Å². The number of aromatic nitrogens is 1. The number of hydrogen-bond acceptors (Lipinski definition) is 5. The zero-order chi connectivity index (χ0) is 17.1. The molecule has 0 aliphatic carbocycles. The number of anilines is 1. The summed E-state index contributed by atoms with van der Waals surface area (Å²) in [5.41, 5.74) is 1.19. The number of rotatable bonds is 4. The normalized spacial score (nSPS) is 15.2. The second-order valence-electron chi connectivity index (χ2n) is 5.82. The highest BCUT2D eigenvalue weighted by Gasteiger charge is 2.26. The number of amides is 1. The van der Waals surface area contributed by atoms with Crippen molar-refractivity contribution in [2.24, 2.45) is 0 Å². The second-order valence-corrected chi connectivity index (χ2v) is 5.82. The van der Waals surface area contributed by atoms with Crippen molar-refractivity contribution in [3.8, 4) is 11.3 Å². The maximum absolute atomic E-state index is 11.5. The number of nitrogens with one attached hydrogen (secondary N) is 2. The molecule has 126 valence electrons. The second kappa shape index (κ2) is 6.84. The van der Waals surface area contributed by atoms with Crippen LogP contribution >= 0.6 is 0 Å². The summed E-state index contributed by atoms with van der Waals surface area (Å²) < 4.78 is 5.82. The minimum Gasteiger partial charge on any atom is -0.476 e. The van der Waals surface area contributed by atoms with Crippen LogP contribution in [0.15, 0.2) is 28.7 Å². The molecule has 0 bridgehead atoms. The fourth-order valence-corrected chi connectivity index (χ4v) is 2.83. The van der Waals surface area contributed by atoms with Gasteiger partial charge in [-0.05, 0) is 50.2 Å². The molecular formula is C17H19N3O4. The first-order valence-electron chi connectivity index (χ1n) is 7.87. The lowest BCUT2D eigenvalue weighted by Gasteiger charge is -2.19. The van der Waals surface area contributed by atoms with Crippen molar-refractivity contribution in [2.45, 2.75) is 25.7 Å². The van der Waals surface area contributed by atoms with E-state index in [0.29, 0.717) is 17.1 Å². The first kappa shape index (κ1) is 16.2. The van der Waals surface area contributed by atoms with Crippen molar-refractivity contribution >= 4 is 17.6 Å². The highest BCUT2D eigenvalue weighted by Crippen LogP contribution is 2.32. The smallest absolute Gasteiger partial charge is 0.358 e. The predicted molar refractivity (Wildman–Crippen MR) is 88.0 cm³/mol. The summed E-state index contributed by atoms with van der Waals surface area (Å²) in [6, 6.07) is 6.83. The van der Waals surface area contributed by atoms with Gasteiger partial charge in [0.15, 0.2) is 17.3 Å². The first-order valence-corrected chi connectivity index (χ1v) is 7.87. The maximum atomic E-state index is 11.5. The average molecular weight is 329 g/mol. The van der Waals surface area contributed by atoms with Gasteiger partial charge in [-0.15, -0.1) is 0 Å². The molecule has 0 radical (unpaired) electrons. The number of nitrogens with zero attached hydrogens (tertiary/aromatic N) is 1. The molecule has 2 aromatic rings. The van der Waals surface area contributed by atoms with Crippen LogP contribution in [-0.2, 0) is 4.79 Å². The summed E-state index contributed by atoms with van der Waals surface area (Å²) in [6.45, 7) is 3.17. The van der Waals surface area contributed by atoms with Crippen molar-refractivity contribution in [1.82, 2.24) is 10.3 Å². The molecule has 3 rings (SSSR count). The van der Waals surface area contributed by atoms with Crippen LogP contribution in [0.5, 0.6) is 0 Å². The number of piperidine rings is 1. The van der Waals surface area contributed by atoms with Gasteiger partial charge in [0.05, 0.1) is 0 Å². The van der Waals surface area contributed by atoms with E-state index in [4.69, 9.17) is 4.42 Å². The Labute approximate surface area is 139 Å². The van der Waals surface area contributed by atoms with Gasteiger partial charge < -0.3 is 20.2 Å². The predicted octanol–water partition coefficient (Wildman–Crippen LogP) is 2.47. The number of benzene rings is 1. The molecule has 1 aromatic heterocycles. The van der Waals surface area contributed by atoms with Gasteiger partial charge in [0, 0.05) is 24.1 Å². The summed E-state index contributed by atoms with van der Waals surface area (Å²) >= 11 is 0. The Balaban J connectivity index is 1.92. The Morgan fingerprint density at radius 3 is 2.50 bits per heavy atom. The van der Waals surface area contributed by atoms with Crippen molar-refractivity contribution in [1.29, 1.82) is 0 Å². The van der Waals surface area contributed by atoms with E-state index in [2.05, 4.69) is 15.6 Å². The third-order valence-corrected chi connectivity index (χ3v) is 4.00. The van der Waals surface area contributed by atoms with Gasteiger partial charge in [-0.2, -0.15) is 0 Å². The van der Waals surface area contributed by atoms with Gasteiger partial charge in [-0.25, -0.2) is 9.78 Å². The molecule has 1 aromatic carbocycles. The zero-order valence-electron chi connectivity index (χ0n) is 13.3. The van der Waals surface area contributed by atoms with Gasteiger partial charge in [-0.3, -0.25) is 4.79 Å². The minimum absolute atomic E-state index is 0.0733. The number of aromatic carboxylic acids is 1. The summed E-state index contributed by atoms with van der Waals surface area (Å²) in [7, 11) is 0. The van der Waals surface area contributed by atoms with Crippen LogP contribution in [0.3, 0.4) is 0 Å². The maximum Gasteiger partial charge on any atom is 0.358 e. The van der Waals surface area contributed by atoms with Gasteiger partial charge >= 0.3 is 5.97 Å². The summed E-state index contributed by atoms with van der Waals surface area (Å²) in [4.78, 5) is 26.8. The fraction of sp³-hybridized carbons (Fsp3) is 0.353. The van der Waals surface area contributed by atoms with Crippen LogP contribution in [0, 0.1) is 0 Å². The monoisotopic (exact) mass is 329 g/mol. The van der Waals surface area contributed by atoms with Crippen molar-refractivity contribution < 1.29 is 19.1 Å². The van der Waals surface area contributed by atoms with E-state index in [9.17, 15) is 14.7 Å². The molecule has 3 N–H and O–H groups in total. The standard InChI is InChI=1S/C17H19N3O4/c1-10(21)19-13-4-2-11(3-5-13)15-14(17(22)23)20-16(24-15)12-6-8-18-9-7-12/h2-5,12,18H,6-9H2,1H3,(H,19,21)(H,22,23). The van der Waals surface area contributed by atoms with Crippen LogP contribution in [-0.4, -0.2) is 35.1 Å². The van der Waals surface area contributed by atoms with E-state index in [1.54, 1.807) is 24.3 Å². The van der Waals surface area contributed by atoms with E-state index >= 15 is 0 Å². The minimum atomic E-state index is -1.11. The number of carboxylic acid groups (broad SMARTS) is 1. The average Bonchev–Trinajstić information content (AvgIpc) is 3.01. The molecule has 24 heavy (non-hydrogen) atoms. The zero-order valence-corrected chi connectivity index (χ0v) is 13.3. The van der Waals surface area contributed by atoms with E-state index in [1.807, 2.05) is 0 Å². The summed E-state index contributed by atoms with van der Waals surface area (Å²) in [5.74, 6) is -0.404. The Bertz CT molecular complexity index is 746. The molecule has 1 saturated heterocycles. The molecule has 1 aliphatic heterocycles. The van der Waals surface area contributed by atoms with Crippen LogP contribution < -0.4 is 10.6 Å².